The number of aliphatic hydroxyl groups is 1. The Morgan fingerprint density at radius 3 is 2.56 bits per heavy atom. The topological polar surface area (TPSA) is 87.2 Å². The normalized spacial score (nSPS) is 11.8. The first kappa shape index (κ1) is 18.7. The fourth-order valence-electron chi connectivity index (χ4n) is 2.77. The lowest BCUT2D eigenvalue weighted by Gasteiger charge is -2.16. The molecule has 3 rings (SSSR count). The molecule has 0 saturated heterocycles. The molecule has 1 atom stereocenters. The van der Waals surface area contributed by atoms with E-state index in [9.17, 15) is 9.90 Å². The van der Waals surface area contributed by atoms with Crippen molar-refractivity contribution in [2.24, 2.45) is 0 Å². The number of carbonyl (C=O) groups excluding carboxylic acids is 1. The Balaban J connectivity index is 1.51. The van der Waals surface area contributed by atoms with Crippen LogP contribution in [0.2, 0.25) is 0 Å². The second-order valence-electron chi connectivity index (χ2n) is 6.43. The van der Waals surface area contributed by atoms with Gasteiger partial charge in [0.2, 0.25) is 0 Å². The van der Waals surface area contributed by atoms with Crippen LogP contribution in [0.15, 0.2) is 54.6 Å². The van der Waals surface area contributed by atoms with Gasteiger partial charge in [-0.1, -0.05) is 48.5 Å². The van der Waals surface area contributed by atoms with Crippen LogP contribution in [0, 0.1) is 13.8 Å². The molecule has 27 heavy (non-hydrogen) atoms. The van der Waals surface area contributed by atoms with Crippen LogP contribution >= 0.6 is 0 Å². The molecule has 0 radical (unpaired) electrons. The van der Waals surface area contributed by atoms with Gasteiger partial charge in [-0.05, 0) is 31.0 Å². The van der Waals surface area contributed by atoms with Crippen molar-refractivity contribution in [3.8, 4) is 17.0 Å². The third-order valence-corrected chi connectivity index (χ3v) is 4.22. The molecule has 0 saturated carbocycles. The molecule has 1 heterocycles. The van der Waals surface area contributed by atoms with E-state index in [-0.39, 0.29) is 19.1 Å². The Morgan fingerprint density at radius 1 is 1.15 bits per heavy atom. The number of aromatic nitrogens is 2. The number of amides is 1. The summed E-state index contributed by atoms with van der Waals surface area (Å²) in [5.74, 6) is 0.444. The summed E-state index contributed by atoms with van der Waals surface area (Å²) in [5.41, 5.74) is 3.99. The number of benzene rings is 2. The molecule has 0 fully saturated rings. The SMILES string of the molecule is Cc1cccc(C)c1OCC(O)CNC(=O)c1cc(-c2ccccc2)n[nH]1. The van der Waals surface area contributed by atoms with Crippen LogP contribution in [-0.4, -0.2) is 40.5 Å². The van der Waals surface area contributed by atoms with E-state index in [1.54, 1.807) is 6.07 Å². The lowest BCUT2D eigenvalue weighted by Crippen LogP contribution is -2.35. The Bertz CT molecular complexity index is 886. The lowest BCUT2D eigenvalue weighted by atomic mass is 10.1. The number of nitrogens with zero attached hydrogens (tertiary/aromatic N) is 1. The number of H-pyrrole nitrogens is 1. The molecule has 0 aliphatic carbocycles. The number of nitrogens with one attached hydrogen (secondary N) is 2. The van der Waals surface area contributed by atoms with Gasteiger partial charge in [-0.3, -0.25) is 9.89 Å². The smallest absolute Gasteiger partial charge is 0.269 e. The Labute approximate surface area is 158 Å². The number of hydrogen-bond acceptors (Lipinski definition) is 4. The zero-order valence-electron chi connectivity index (χ0n) is 15.4. The third kappa shape index (κ3) is 4.74. The zero-order valence-corrected chi connectivity index (χ0v) is 15.4. The van der Waals surface area contributed by atoms with E-state index in [4.69, 9.17) is 4.74 Å². The van der Waals surface area contributed by atoms with Crippen LogP contribution in [-0.2, 0) is 0 Å². The molecule has 6 nitrogen and oxygen atoms in total. The van der Waals surface area contributed by atoms with E-state index in [1.165, 1.54) is 0 Å². The molecular weight excluding hydrogens is 342 g/mol. The van der Waals surface area contributed by atoms with Crippen molar-refractivity contribution in [1.82, 2.24) is 15.5 Å². The van der Waals surface area contributed by atoms with Gasteiger partial charge in [0.05, 0.1) is 5.69 Å². The Morgan fingerprint density at radius 2 is 1.85 bits per heavy atom. The summed E-state index contributed by atoms with van der Waals surface area (Å²) in [4.78, 5) is 12.2. The second kappa shape index (κ2) is 8.51. The minimum atomic E-state index is -0.815. The average Bonchev–Trinajstić information content (AvgIpc) is 3.17. The highest BCUT2D eigenvalue weighted by molar-refractivity contribution is 5.93. The first-order chi connectivity index (χ1) is 13.0. The summed E-state index contributed by atoms with van der Waals surface area (Å²) < 4.78 is 5.71. The number of aliphatic hydroxyl groups excluding tert-OH is 1. The van der Waals surface area contributed by atoms with Gasteiger partial charge in [0, 0.05) is 12.1 Å². The number of rotatable bonds is 7. The molecule has 1 unspecified atom stereocenters. The van der Waals surface area contributed by atoms with Crippen molar-refractivity contribution in [1.29, 1.82) is 0 Å². The molecule has 3 aromatic rings. The third-order valence-electron chi connectivity index (χ3n) is 4.22. The highest BCUT2D eigenvalue weighted by atomic mass is 16.5. The summed E-state index contributed by atoms with van der Waals surface area (Å²) in [6.45, 7) is 4.10. The van der Waals surface area contributed by atoms with Gasteiger partial charge in [0.1, 0.15) is 24.2 Å². The van der Waals surface area contributed by atoms with E-state index >= 15 is 0 Å². The van der Waals surface area contributed by atoms with Crippen molar-refractivity contribution in [3.63, 3.8) is 0 Å². The highest BCUT2D eigenvalue weighted by Gasteiger charge is 2.14. The molecule has 3 N–H and O–H groups in total. The standard InChI is InChI=1S/C21H23N3O3/c1-14-7-6-8-15(2)20(14)27-13-17(25)12-22-21(26)19-11-18(23-24-19)16-9-4-3-5-10-16/h3-11,17,25H,12-13H2,1-2H3,(H,22,26)(H,23,24). The predicted octanol–water partition coefficient (Wildman–Crippen LogP) is 2.86. The number of aryl methyl sites for hydroxylation is 2. The Hall–Kier alpha value is -3.12. The maximum Gasteiger partial charge on any atom is 0.269 e. The second-order valence-corrected chi connectivity index (χ2v) is 6.43. The molecule has 1 amide bonds. The quantitative estimate of drug-likeness (QED) is 0.601. The van der Waals surface area contributed by atoms with Gasteiger partial charge in [-0.25, -0.2) is 0 Å². The number of para-hydroxylation sites is 1. The van der Waals surface area contributed by atoms with Crippen LogP contribution < -0.4 is 10.1 Å². The van der Waals surface area contributed by atoms with Gasteiger partial charge in [0.15, 0.2) is 0 Å². The van der Waals surface area contributed by atoms with E-state index < -0.39 is 6.10 Å². The van der Waals surface area contributed by atoms with Crippen molar-refractivity contribution in [2.45, 2.75) is 20.0 Å². The summed E-state index contributed by atoms with van der Waals surface area (Å²) in [5, 5.41) is 19.7. The largest absolute Gasteiger partial charge is 0.490 e. The molecule has 2 aromatic carbocycles. The van der Waals surface area contributed by atoms with Crippen LogP contribution in [0.25, 0.3) is 11.3 Å². The number of ether oxygens (including phenoxy) is 1. The van der Waals surface area contributed by atoms with Crippen molar-refractivity contribution < 1.29 is 14.6 Å². The minimum Gasteiger partial charge on any atom is -0.490 e. The van der Waals surface area contributed by atoms with Gasteiger partial charge >= 0.3 is 0 Å². The van der Waals surface area contributed by atoms with Gasteiger partial charge in [-0.2, -0.15) is 5.10 Å². The lowest BCUT2D eigenvalue weighted by molar-refractivity contribution is 0.0837. The molecule has 0 aliphatic rings. The molecule has 1 aromatic heterocycles. The van der Waals surface area contributed by atoms with Crippen LogP contribution in [0.3, 0.4) is 0 Å². The molecule has 0 spiro atoms. The summed E-state index contributed by atoms with van der Waals surface area (Å²) in [7, 11) is 0. The molecule has 140 valence electrons. The monoisotopic (exact) mass is 365 g/mol. The number of aromatic amines is 1. The van der Waals surface area contributed by atoms with Crippen molar-refractivity contribution in [3.05, 3.63) is 71.4 Å². The molecule has 0 aliphatic heterocycles. The highest BCUT2D eigenvalue weighted by Crippen LogP contribution is 2.22. The van der Waals surface area contributed by atoms with Crippen LogP contribution in [0.1, 0.15) is 21.6 Å². The fourth-order valence-corrected chi connectivity index (χ4v) is 2.77. The van der Waals surface area contributed by atoms with Crippen LogP contribution in [0.4, 0.5) is 0 Å². The van der Waals surface area contributed by atoms with Crippen molar-refractivity contribution >= 4 is 5.91 Å². The van der Waals surface area contributed by atoms with Crippen LogP contribution in [0.5, 0.6) is 5.75 Å². The predicted molar refractivity (Wildman–Crippen MR) is 104 cm³/mol. The Kier molecular flexibility index (Phi) is 5.88. The molecule has 6 heteroatoms. The first-order valence-corrected chi connectivity index (χ1v) is 8.80. The maximum absolute atomic E-state index is 12.2. The summed E-state index contributed by atoms with van der Waals surface area (Å²) in [6, 6.07) is 17.2. The fraction of sp³-hybridized carbons (Fsp3) is 0.238. The number of hydrogen-bond donors (Lipinski definition) is 3. The maximum atomic E-state index is 12.2. The first-order valence-electron chi connectivity index (χ1n) is 8.80. The van der Waals surface area contributed by atoms with E-state index in [0.717, 1.165) is 22.4 Å². The van der Waals surface area contributed by atoms with E-state index in [0.29, 0.717) is 11.4 Å². The van der Waals surface area contributed by atoms with Gasteiger partial charge in [-0.15, -0.1) is 0 Å². The molecular formula is C21H23N3O3. The van der Waals surface area contributed by atoms with E-state index in [2.05, 4.69) is 15.5 Å². The summed E-state index contributed by atoms with van der Waals surface area (Å²) >= 11 is 0. The zero-order chi connectivity index (χ0) is 19.2. The number of carbonyl (C=O) groups is 1. The van der Waals surface area contributed by atoms with Gasteiger partial charge < -0.3 is 15.2 Å². The summed E-state index contributed by atoms with van der Waals surface area (Å²) in [6.07, 6.45) is -0.815. The van der Waals surface area contributed by atoms with E-state index in [1.807, 2.05) is 62.4 Å². The molecule has 0 bridgehead atoms. The average molecular weight is 365 g/mol. The minimum absolute atomic E-state index is 0.0868. The van der Waals surface area contributed by atoms with Gasteiger partial charge in [0.25, 0.3) is 5.91 Å². The van der Waals surface area contributed by atoms with Crippen molar-refractivity contribution in [2.75, 3.05) is 13.2 Å².